The fourth-order valence-electron chi connectivity index (χ4n) is 4.60. The summed E-state index contributed by atoms with van der Waals surface area (Å²) >= 11 is 0. The molecule has 2 aliphatic carbocycles. The van der Waals surface area contributed by atoms with Crippen LogP contribution < -0.4 is 0 Å². The van der Waals surface area contributed by atoms with Gasteiger partial charge in [-0.05, 0) is 50.9 Å². The second kappa shape index (κ2) is 7.46. The Balaban J connectivity index is 0.000000774. The van der Waals surface area contributed by atoms with Gasteiger partial charge in [0.25, 0.3) is 0 Å². The molecule has 0 unspecified atom stereocenters. The second-order valence-electron chi connectivity index (χ2n) is 7.91. The van der Waals surface area contributed by atoms with Crippen LogP contribution in [-0.2, 0) is 0 Å². The molecule has 3 fully saturated rings. The minimum Gasteiger partial charge on any atom is -0.298 e. The third kappa shape index (κ3) is 4.01. The Morgan fingerprint density at radius 2 is 1.43 bits per heavy atom. The van der Waals surface area contributed by atoms with Crippen molar-refractivity contribution in [2.45, 2.75) is 85.2 Å². The molecule has 21 heavy (non-hydrogen) atoms. The molecular formula is C19H38N2. The summed E-state index contributed by atoms with van der Waals surface area (Å²) in [5.41, 5.74) is 0.784. The zero-order valence-electron chi connectivity index (χ0n) is 15.2. The lowest BCUT2D eigenvalue weighted by atomic mass is 9.56. The molecular weight excluding hydrogens is 256 g/mol. The fourth-order valence-corrected chi connectivity index (χ4v) is 4.60. The van der Waals surface area contributed by atoms with Crippen molar-refractivity contribution in [3.05, 3.63) is 0 Å². The Hall–Kier alpha value is -0.0800. The maximum absolute atomic E-state index is 2.79. The van der Waals surface area contributed by atoms with Gasteiger partial charge >= 0.3 is 0 Å². The molecule has 2 saturated carbocycles. The third-order valence-corrected chi connectivity index (χ3v) is 6.27. The van der Waals surface area contributed by atoms with Crippen molar-refractivity contribution in [2.24, 2.45) is 11.3 Å². The van der Waals surface area contributed by atoms with Crippen LogP contribution >= 0.6 is 0 Å². The monoisotopic (exact) mass is 294 g/mol. The predicted octanol–water partition coefficient (Wildman–Crippen LogP) is 4.40. The van der Waals surface area contributed by atoms with Crippen LogP contribution in [0.5, 0.6) is 0 Å². The van der Waals surface area contributed by atoms with E-state index in [2.05, 4.69) is 30.6 Å². The zero-order chi connectivity index (χ0) is 15.5. The van der Waals surface area contributed by atoms with Gasteiger partial charge < -0.3 is 0 Å². The van der Waals surface area contributed by atoms with Crippen molar-refractivity contribution < 1.29 is 0 Å². The summed E-state index contributed by atoms with van der Waals surface area (Å²) in [4.78, 5) is 5.43. The van der Waals surface area contributed by atoms with E-state index < -0.39 is 0 Å². The maximum atomic E-state index is 2.79. The molecule has 0 N–H and O–H groups in total. The van der Waals surface area contributed by atoms with Crippen LogP contribution in [0.3, 0.4) is 0 Å². The van der Waals surface area contributed by atoms with Crippen LogP contribution in [0.25, 0.3) is 0 Å². The standard InChI is InChI=1S/C17H32N2.C2H6/c1-14(2)18-8-10-19(11-9-18)16-12-17(13-16)6-4-15(3)5-7-17;1-2/h14-16H,4-13H2,1-3H3;1-2H3. The van der Waals surface area contributed by atoms with Crippen LogP contribution in [-0.4, -0.2) is 48.1 Å². The Labute approximate surface area is 133 Å². The minimum atomic E-state index is 0.731. The van der Waals surface area contributed by atoms with E-state index in [9.17, 15) is 0 Å². The number of hydrogen-bond acceptors (Lipinski definition) is 2. The third-order valence-electron chi connectivity index (χ3n) is 6.27. The van der Waals surface area contributed by atoms with E-state index >= 15 is 0 Å². The van der Waals surface area contributed by atoms with Gasteiger partial charge in [-0.2, -0.15) is 0 Å². The van der Waals surface area contributed by atoms with E-state index in [1.807, 2.05) is 13.8 Å². The van der Waals surface area contributed by atoms with Gasteiger partial charge in [0.15, 0.2) is 0 Å². The first kappa shape index (κ1) is 17.3. The zero-order valence-corrected chi connectivity index (χ0v) is 15.2. The van der Waals surface area contributed by atoms with Crippen LogP contribution in [0.1, 0.15) is 73.1 Å². The molecule has 0 aromatic rings. The van der Waals surface area contributed by atoms with E-state index in [0.29, 0.717) is 0 Å². The summed E-state index contributed by atoms with van der Waals surface area (Å²) in [5, 5.41) is 0. The predicted molar refractivity (Wildman–Crippen MR) is 92.7 cm³/mol. The molecule has 1 heterocycles. The number of piperazine rings is 1. The number of rotatable bonds is 2. The Kier molecular flexibility index (Phi) is 6.14. The summed E-state index contributed by atoms with van der Waals surface area (Å²) in [6.07, 6.45) is 9.07. The lowest BCUT2D eigenvalue weighted by molar-refractivity contribution is -0.0504. The highest BCUT2D eigenvalue weighted by atomic mass is 15.3. The quantitative estimate of drug-likeness (QED) is 0.745. The summed E-state index contributed by atoms with van der Waals surface area (Å²) in [7, 11) is 0. The summed E-state index contributed by atoms with van der Waals surface area (Å²) in [5.74, 6) is 0.999. The van der Waals surface area contributed by atoms with Crippen molar-refractivity contribution in [1.29, 1.82) is 0 Å². The number of hydrogen-bond donors (Lipinski definition) is 0. The lowest BCUT2D eigenvalue weighted by Gasteiger charge is -2.56. The molecule has 0 radical (unpaired) electrons. The first-order chi connectivity index (χ1) is 10.1. The Bertz CT molecular complexity index is 289. The van der Waals surface area contributed by atoms with Gasteiger partial charge in [0.1, 0.15) is 0 Å². The normalized spacial score (nSPS) is 38.0. The largest absolute Gasteiger partial charge is 0.298 e. The van der Waals surface area contributed by atoms with Gasteiger partial charge in [-0.3, -0.25) is 9.80 Å². The van der Waals surface area contributed by atoms with E-state index in [0.717, 1.165) is 23.4 Å². The second-order valence-corrected chi connectivity index (χ2v) is 7.91. The van der Waals surface area contributed by atoms with E-state index in [1.165, 1.54) is 64.7 Å². The first-order valence-corrected chi connectivity index (χ1v) is 9.56. The van der Waals surface area contributed by atoms with E-state index in [1.54, 1.807) is 0 Å². The molecule has 1 aliphatic heterocycles. The number of nitrogens with zero attached hydrogens (tertiary/aromatic N) is 2. The molecule has 0 aromatic heterocycles. The average Bonchev–Trinajstić information content (AvgIpc) is 2.48. The van der Waals surface area contributed by atoms with E-state index in [-0.39, 0.29) is 0 Å². The van der Waals surface area contributed by atoms with Crippen LogP contribution in [0, 0.1) is 11.3 Å². The minimum absolute atomic E-state index is 0.731. The molecule has 3 aliphatic rings. The van der Waals surface area contributed by atoms with Crippen molar-refractivity contribution in [3.8, 4) is 0 Å². The summed E-state index contributed by atoms with van der Waals surface area (Å²) in [6.45, 7) is 16.3. The van der Waals surface area contributed by atoms with Gasteiger partial charge in [0.2, 0.25) is 0 Å². The van der Waals surface area contributed by atoms with E-state index in [4.69, 9.17) is 0 Å². The van der Waals surface area contributed by atoms with Gasteiger partial charge in [-0.1, -0.05) is 33.6 Å². The molecule has 0 aromatic carbocycles. The van der Waals surface area contributed by atoms with Gasteiger partial charge in [-0.25, -0.2) is 0 Å². The Morgan fingerprint density at radius 1 is 0.905 bits per heavy atom. The molecule has 0 bridgehead atoms. The molecule has 3 rings (SSSR count). The molecule has 2 heteroatoms. The highest BCUT2D eigenvalue weighted by Gasteiger charge is 2.47. The van der Waals surface area contributed by atoms with Crippen molar-refractivity contribution in [2.75, 3.05) is 26.2 Å². The smallest absolute Gasteiger partial charge is 0.0113 e. The van der Waals surface area contributed by atoms with Gasteiger partial charge in [0, 0.05) is 38.3 Å². The summed E-state index contributed by atoms with van der Waals surface area (Å²) < 4.78 is 0. The SMILES string of the molecule is CC.CC1CCC2(CC1)CC(N1CCN(C(C)C)CC1)C2. The van der Waals surface area contributed by atoms with Crippen molar-refractivity contribution >= 4 is 0 Å². The molecule has 1 spiro atoms. The summed E-state index contributed by atoms with van der Waals surface area (Å²) in [6, 6.07) is 1.66. The van der Waals surface area contributed by atoms with Crippen LogP contribution in [0.15, 0.2) is 0 Å². The molecule has 0 amide bonds. The lowest BCUT2D eigenvalue weighted by Crippen LogP contribution is -2.58. The fraction of sp³-hybridized carbons (Fsp3) is 1.00. The molecule has 0 atom stereocenters. The molecule has 2 nitrogen and oxygen atoms in total. The van der Waals surface area contributed by atoms with Crippen LogP contribution in [0.2, 0.25) is 0 Å². The maximum Gasteiger partial charge on any atom is 0.0113 e. The van der Waals surface area contributed by atoms with Crippen molar-refractivity contribution in [3.63, 3.8) is 0 Å². The highest BCUT2D eigenvalue weighted by molar-refractivity contribution is 5.01. The van der Waals surface area contributed by atoms with Gasteiger partial charge in [0.05, 0.1) is 0 Å². The molecule has 124 valence electrons. The topological polar surface area (TPSA) is 6.48 Å². The average molecular weight is 295 g/mol. The molecule has 1 saturated heterocycles. The van der Waals surface area contributed by atoms with Crippen LogP contribution in [0.4, 0.5) is 0 Å². The van der Waals surface area contributed by atoms with Gasteiger partial charge in [-0.15, -0.1) is 0 Å². The van der Waals surface area contributed by atoms with Crippen molar-refractivity contribution in [1.82, 2.24) is 9.80 Å². The Morgan fingerprint density at radius 3 is 1.90 bits per heavy atom. The highest BCUT2D eigenvalue weighted by Crippen LogP contribution is 2.54. The first-order valence-electron chi connectivity index (χ1n) is 9.56.